The molecule has 0 aliphatic heterocycles. The summed E-state index contributed by atoms with van der Waals surface area (Å²) in [5, 5.41) is 3.55. The Morgan fingerprint density at radius 2 is 2.06 bits per heavy atom. The number of hydrogen-bond acceptors (Lipinski definition) is 2. The third-order valence-corrected chi connectivity index (χ3v) is 3.60. The van der Waals surface area contributed by atoms with Gasteiger partial charge in [0.05, 0.1) is 11.9 Å². The van der Waals surface area contributed by atoms with E-state index in [4.69, 9.17) is 0 Å². The lowest BCUT2D eigenvalue weighted by Crippen LogP contribution is -2.30. The number of aromatic nitrogens is 1. The van der Waals surface area contributed by atoms with E-state index in [1.165, 1.54) is 29.8 Å². The highest BCUT2D eigenvalue weighted by Crippen LogP contribution is 2.26. The maximum atomic E-state index is 4.53. The summed E-state index contributed by atoms with van der Waals surface area (Å²) >= 11 is 0. The first-order valence-corrected chi connectivity index (χ1v) is 6.21. The van der Waals surface area contributed by atoms with E-state index in [2.05, 4.69) is 44.1 Å². The molecule has 1 atom stereocenters. The highest BCUT2D eigenvalue weighted by Gasteiger charge is 2.20. The molecule has 1 aliphatic rings. The van der Waals surface area contributed by atoms with Gasteiger partial charge in [-0.3, -0.25) is 4.98 Å². The van der Waals surface area contributed by atoms with Gasteiger partial charge in [-0.2, -0.15) is 0 Å². The molecule has 0 aromatic carbocycles. The van der Waals surface area contributed by atoms with Crippen LogP contribution in [-0.2, 0) is 12.8 Å². The molecule has 2 nitrogen and oxygen atoms in total. The van der Waals surface area contributed by atoms with Crippen molar-refractivity contribution in [2.45, 2.75) is 53.0 Å². The average molecular weight is 218 g/mol. The van der Waals surface area contributed by atoms with Gasteiger partial charge in [-0.15, -0.1) is 0 Å². The van der Waals surface area contributed by atoms with Crippen molar-refractivity contribution in [3.63, 3.8) is 0 Å². The highest BCUT2D eigenvalue weighted by atomic mass is 14.9. The minimum Gasteiger partial charge on any atom is -0.381 e. The van der Waals surface area contributed by atoms with Crippen LogP contribution in [0.25, 0.3) is 0 Å². The molecule has 0 radical (unpaired) electrons. The van der Waals surface area contributed by atoms with Crippen LogP contribution >= 0.6 is 0 Å². The number of nitrogens with zero attached hydrogens (tertiary/aromatic N) is 1. The van der Waals surface area contributed by atoms with Crippen LogP contribution < -0.4 is 5.32 Å². The fraction of sp³-hybridized carbons (Fsp3) is 0.643. The van der Waals surface area contributed by atoms with E-state index in [9.17, 15) is 0 Å². The van der Waals surface area contributed by atoms with Gasteiger partial charge in [0.25, 0.3) is 0 Å². The largest absolute Gasteiger partial charge is 0.381 e. The van der Waals surface area contributed by atoms with E-state index in [0.29, 0.717) is 6.04 Å². The number of rotatable bonds is 2. The number of aryl methyl sites for hydroxylation is 2. The van der Waals surface area contributed by atoms with Crippen LogP contribution in [0.2, 0.25) is 0 Å². The smallest absolute Gasteiger partial charge is 0.0531 e. The minimum absolute atomic E-state index is 0.277. The molecule has 2 rings (SSSR count). The van der Waals surface area contributed by atoms with Crippen molar-refractivity contribution in [3.05, 3.63) is 23.5 Å². The Balaban J connectivity index is 2.11. The van der Waals surface area contributed by atoms with E-state index < -0.39 is 0 Å². The Bertz CT molecular complexity index is 377. The number of pyridine rings is 1. The zero-order chi connectivity index (χ0) is 11.8. The molecule has 0 bridgehead atoms. The van der Waals surface area contributed by atoms with Gasteiger partial charge in [0.1, 0.15) is 0 Å². The Morgan fingerprint density at radius 3 is 2.75 bits per heavy atom. The Morgan fingerprint density at radius 1 is 1.31 bits per heavy atom. The molecule has 1 aromatic heterocycles. The predicted molar refractivity (Wildman–Crippen MR) is 68.8 cm³/mol. The average Bonchev–Trinajstić information content (AvgIpc) is 2.63. The Kier molecular flexibility index (Phi) is 2.92. The summed E-state index contributed by atoms with van der Waals surface area (Å²) in [5.74, 6) is 0. The van der Waals surface area contributed by atoms with Gasteiger partial charge in [0, 0.05) is 11.7 Å². The molecule has 1 heterocycles. The standard InChI is InChI=1S/C14H22N2/c1-10(14(2,3)4)16-12-8-11-6-5-7-13(11)15-9-12/h8-10,16H,5-7H2,1-4H3. The third-order valence-electron chi connectivity index (χ3n) is 3.60. The van der Waals surface area contributed by atoms with Gasteiger partial charge in [-0.1, -0.05) is 20.8 Å². The van der Waals surface area contributed by atoms with Crippen LogP contribution in [0.5, 0.6) is 0 Å². The molecule has 88 valence electrons. The lowest BCUT2D eigenvalue weighted by atomic mass is 9.88. The second-order valence-electron chi connectivity index (χ2n) is 5.92. The van der Waals surface area contributed by atoms with E-state index in [-0.39, 0.29) is 5.41 Å². The van der Waals surface area contributed by atoms with Gasteiger partial charge >= 0.3 is 0 Å². The number of fused-ring (bicyclic) bond motifs is 1. The molecule has 0 fully saturated rings. The van der Waals surface area contributed by atoms with Crippen LogP contribution in [0.15, 0.2) is 12.3 Å². The van der Waals surface area contributed by atoms with E-state index in [1.54, 1.807) is 0 Å². The molecule has 1 unspecified atom stereocenters. The lowest BCUT2D eigenvalue weighted by Gasteiger charge is -2.29. The molecule has 0 amide bonds. The zero-order valence-corrected chi connectivity index (χ0v) is 10.8. The summed E-state index contributed by atoms with van der Waals surface area (Å²) in [6, 6.07) is 2.73. The van der Waals surface area contributed by atoms with Gasteiger partial charge < -0.3 is 5.32 Å². The van der Waals surface area contributed by atoms with E-state index >= 15 is 0 Å². The minimum atomic E-state index is 0.277. The second-order valence-corrected chi connectivity index (χ2v) is 5.92. The van der Waals surface area contributed by atoms with Crippen molar-refractivity contribution in [1.29, 1.82) is 0 Å². The maximum absolute atomic E-state index is 4.53. The van der Waals surface area contributed by atoms with E-state index in [0.717, 1.165) is 6.42 Å². The molecule has 0 saturated heterocycles. The monoisotopic (exact) mass is 218 g/mol. The van der Waals surface area contributed by atoms with Gasteiger partial charge in [-0.25, -0.2) is 0 Å². The van der Waals surface area contributed by atoms with Crippen molar-refractivity contribution in [2.24, 2.45) is 5.41 Å². The van der Waals surface area contributed by atoms with Crippen molar-refractivity contribution in [2.75, 3.05) is 5.32 Å². The summed E-state index contributed by atoms with van der Waals surface area (Å²) in [7, 11) is 0. The van der Waals surface area contributed by atoms with E-state index in [1.807, 2.05) is 6.20 Å². The normalized spacial score (nSPS) is 17.0. The van der Waals surface area contributed by atoms with Crippen LogP contribution in [0, 0.1) is 5.41 Å². The predicted octanol–water partition coefficient (Wildman–Crippen LogP) is 3.42. The molecule has 1 N–H and O–H groups in total. The number of hydrogen-bond donors (Lipinski definition) is 1. The Labute approximate surface area is 98.5 Å². The molecule has 0 spiro atoms. The lowest BCUT2D eigenvalue weighted by molar-refractivity contribution is 0.359. The van der Waals surface area contributed by atoms with Gasteiger partial charge in [0.2, 0.25) is 0 Å². The second kappa shape index (κ2) is 4.08. The molecule has 16 heavy (non-hydrogen) atoms. The molecule has 0 saturated carbocycles. The first kappa shape index (κ1) is 11.4. The van der Waals surface area contributed by atoms with Crippen LogP contribution in [0.4, 0.5) is 5.69 Å². The number of anilines is 1. The first-order valence-electron chi connectivity index (χ1n) is 6.21. The van der Waals surface area contributed by atoms with Crippen LogP contribution in [0.1, 0.15) is 45.4 Å². The molecule has 1 aliphatic carbocycles. The third kappa shape index (κ3) is 2.37. The van der Waals surface area contributed by atoms with Crippen molar-refractivity contribution < 1.29 is 0 Å². The molecular weight excluding hydrogens is 196 g/mol. The van der Waals surface area contributed by atoms with Crippen LogP contribution in [-0.4, -0.2) is 11.0 Å². The summed E-state index contributed by atoms with van der Waals surface area (Å²) in [4.78, 5) is 4.53. The van der Waals surface area contributed by atoms with Crippen molar-refractivity contribution >= 4 is 5.69 Å². The summed E-state index contributed by atoms with van der Waals surface area (Å²) < 4.78 is 0. The molecule has 2 heteroatoms. The summed E-state index contributed by atoms with van der Waals surface area (Å²) in [5.41, 5.74) is 4.18. The van der Waals surface area contributed by atoms with Gasteiger partial charge in [-0.05, 0) is 43.2 Å². The number of nitrogens with one attached hydrogen (secondary N) is 1. The van der Waals surface area contributed by atoms with Crippen molar-refractivity contribution in [3.8, 4) is 0 Å². The Hall–Kier alpha value is -1.05. The summed E-state index contributed by atoms with van der Waals surface area (Å²) in [6.45, 7) is 9.00. The highest BCUT2D eigenvalue weighted by molar-refractivity contribution is 5.47. The maximum Gasteiger partial charge on any atom is 0.0531 e. The quantitative estimate of drug-likeness (QED) is 0.822. The molecular formula is C14H22N2. The topological polar surface area (TPSA) is 24.9 Å². The molecule has 1 aromatic rings. The van der Waals surface area contributed by atoms with Crippen LogP contribution in [0.3, 0.4) is 0 Å². The first-order chi connectivity index (χ1) is 7.47. The SMILES string of the molecule is CC(Nc1cnc2c(c1)CCC2)C(C)(C)C. The fourth-order valence-corrected chi connectivity index (χ4v) is 1.97. The summed E-state index contributed by atoms with van der Waals surface area (Å²) in [6.07, 6.45) is 5.60. The van der Waals surface area contributed by atoms with Crippen molar-refractivity contribution in [1.82, 2.24) is 4.98 Å². The zero-order valence-electron chi connectivity index (χ0n) is 10.8. The fourth-order valence-electron chi connectivity index (χ4n) is 1.97. The van der Waals surface area contributed by atoms with Gasteiger partial charge in [0.15, 0.2) is 0 Å².